The van der Waals surface area contributed by atoms with Gasteiger partial charge in [-0.05, 0) is 42.8 Å². The number of carbonyl (C=O) groups is 2. The van der Waals surface area contributed by atoms with Gasteiger partial charge in [-0.2, -0.15) is 0 Å². The number of halogens is 1. The van der Waals surface area contributed by atoms with E-state index in [1.54, 1.807) is 24.5 Å². The number of anilines is 1. The molecule has 6 rings (SSSR count). The zero-order valence-electron chi connectivity index (χ0n) is 18.0. The summed E-state index contributed by atoms with van der Waals surface area (Å²) in [6.45, 7) is 2.02. The lowest BCUT2D eigenvalue weighted by atomic mass is 9.69. The van der Waals surface area contributed by atoms with Crippen molar-refractivity contribution in [1.82, 2.24) is 9.88 Å². The Kier molecular flexibility index (Phi) is 4.87. The number of aromatic nitrogens is 1. The first-order chi connectivity index (χ1) is 16.0. The van der Waals surface area contributed by atoms with Crippen molar-refractivity contribution in [1.29, 1.82) is 0 Å². The van der Waals surface area contributed by atoms with E-state index in [-0.39, 0.29) is 23.7 Å². The SMILES string of the molecule is Cc1ccc2c(c1)[C@]1(C(=O)N2)[C@@H](C(=O)c2cccnc2)[C@H](c2ccc(Cl)cc2)[C@H]2CSCN21. The van der Waals surface area contributed by atoms with Gasteiger partial charge in [-0.15, -0.1) is 11.8 Å². The van der Waals surface area contributed by atoms with Crippen LogP contribution in [0.15, 0.2) is 67.0 Å². The molecule has 166 valence electrons. The first-order valence-electron chi connectivity index (χ1n) is 11.0. The summed E-state index contributed by atoms with van der Waals surface area (Å²) in [7, 11) is 0. The summed E-state index contributed by atoms with van der Waals surface area (Å²) >= 11 is 8.01. The van der Waals surface area contributed by atoms with Crippen molar-refractivity contribution in [3.05, 3.63) is 94.3 Å². The Balaban J connectivity index is 1.63. The minimum Gasteiger partial charge on any atom is -0.324 e. The predicted molar refractivity (Wildman–Crippen MR) is 131 cm³/mol. The lowest BCUT2D eigenvalue weighted by Gasteiger charge is -2.36. The number of benzene rings is 2. The number of thioether (sulfide) groups is 1. The van der Waals surface area contributed by atoms with Gasteiger partial charge in [-0.1, -0.05) is 41.4 Å². The molecule has 1 aromatic heterocycles. The van der Waals surface area contributed by atoms with Crippen LogP contribution >= 0.6 is 23.4 Å². The van der Waals surface area contributed by atoms with Crippen molar-refractivity contribution in [3.63, 3.8) is 0 Å². The Hall–Kier alpha value is -2.67. The number of carbonyl (C=O) groups excluding carboxylic acids is 2. The number of nitrogens with zero attached hydrogens (tertiary/aromatic N) is 2. The van der Waals surface area contributed by atoms with Gasteiger partial charge in [-0.25, -0.2) is 0 Å². The smallest absolute Gasteiger partial charge is 0.250 e. The van der Waals surface area contributed by atoms with E-state index < -0.39 is 11.5 Å². The molecule has 0 aliphatic carbocycles. The van der Waals surface area contributed by atoms with E-state index >= 15 is 0 Å². The third-order valence-electron chi connectivity index (χ3n) is 7.26. The Morgan fingerprint density at radius 3 is 2.79 bits per heavy atom. The first-order valence-corrected chi connectivity index (χ1v) is 12.5. The molecular weight excluding hydrogens is 454 g/mol. The predicted octanol–water partition coefficient (Wildman–Crippen LogP) is 4.86. The van der Waals surface area contributed by atoms with Crippen molar-refractivity contribution < 1.29 is 9.59 Å². The summed E-state index contributed by atoms with van der Waals surface area (Å²) in [5.74, 6) is 0.660. The highest BCUT2D eigenvalue weighted by Crippen LogP contribution is 2.61. The highest BCUT2D eigenvalue weighted by atomic mass is 35.5. The zero-order chi connectivity index (χ0) is 22.7. The van der Waals surface area contributed by atoms with Crippen LogP contribution in [0.5, 0.6) is 0 Å². The molecule has 0 unspecified atom stereocenters. The Bertz CT molecular complexity index is 1270. The molecule has 1 amide bonds. The molecule has 0 saturated carbocycles. The molecule has 0 radical (unpaired) electrons. The number of amides is 1. The molecule has 3 aliphatic heterocycles. The third kappa shape index (κ3) is 2.94. The summed E-state index contributed by atoms with van der Waals surface area (Å²) in [5, 5.41) is 3.76. The van der Waals surface area contributed by atoms with Crippen molar-refractivity contribution >= 4 is 40.7 Å². The molecule has 3 aliphatic rings. The monoisotopic (exact) mass is 475 g/mol. The molecule has 1 spiro atoms. The standard InChI is InChI=1S/C26H22ClN3O2S/c1-15-4-9-20-19(11-15)26(25(32)29-20)23(24(31)17-3-2-10-28-12-17)22(21-13-33-14-30(21)26)16-5-7-18(27)8-6-16/h2-12,21-23H,13-14H2,1H3,(H,29,32)/t21-,22-,23-,26-/m1/s1. The average molecular weight is 476 g/mol. The van der Waals surface area contributed by atoms with Gasteiger partial charge < -0.3 is 5.32 Å². The van der Waals surface area contributed by atoms with E-state index in [2.05, 4.69) is 21.3 Å². The summed E-state index contributed by atoms with van der Waals surface area (Å²) in [5.41, 5.74) is 3.26. The number of rotatable bonds is 3. The number of ketones is 1. The van der Waals surface area contributed by atoms with Crippen LogP contribution in [0, 0.1) is 12.8 Å². The maximum absolute atomic E-state index is 14.3. The fraction of sp³-hybridized carbons (Fsp3) is 0.269. The number of pyridine rings is 1. The quantitative estimate of drug-likeness (QED) is 0.548. The van der Waals surface area contributed by atoms with Crippen LogP contribution in [0.1, 0.15) is 33.0 Å². The minimum atomic E-state index is -1.06. The van der Waals surface area contributed by atoms with E-state index in [1.807, 2.05) is 55.1 Å². The maximum atomic E-state index is 14.3. The lowest BCUT2D eigenvalue weighted by molar-refractivity contribution is -0.127. The second kappa shape index (κ2) is 7.69. The van der Waals surface area contributed by atoms with Crippen LogP contribution < -0.4 is 5.32 Å². The van der Waals surface area contributed by atoms with Crippen molar-refractivity contribution in [2.45, 2.75) is 24.4 Å². The fourth-order valence-corrected chi connectivity index (χ4v) is 7.39. The van der Waals surface area contributed by atoms with Crippen LogP contribution in [0.4, 0.5) is 5.69 Å². The van der Waals surface area contributed by atoms with Gasteiger partial charge in [0.2, 0.25) is 5.91 Å². The number of hydrogen-bond acceptors (Lipinski definition) is 5. The van der Waals surface area contributed by atoms with E-state index in [0.717, 1.165) is 28.1 Å². The number of hydrogen-bond donors (Lipinski definition) is 1. The van der Waals surface area contributed by atoms with Crippen LogP contribution in [0.25, 0.3) is 0 Å². The van der Waals surface area contributed by atoms with Crippen molar-refractivity contribution in [3.8, 4) is 0 Å². The maximum Gasteiger partial charge on any atom is 0.250 e. The van der Waals surface area contributed by atoms with Crippen molar-refractivity contribution in [2.75, 3.05) is 16.9 Å². The molecule has 2 fully saturated rings. The summed E-state index contributed by atoms with van der Waals surface area (Å²) < 4.78 is 0. The molecule has 3 aromatic rings. The zero-order valence-corrected chi connectivity index (χ0v) is 19.6. The highest BCUT2D eigenvalue weighted by molar-refractivity contribution is 7.99. The molecule has 0 bridgehead atoms. The van der Waals surface area contributed by atoms with E-state index in [0.29, 0.717) is 16.5 Å². The summed E-state index contributed by atoms with van der Waals surface area (Å²) in [6, 6.07) is 17.4. The van der Waals surface area contributed by atoms with Crippen LogP contribution in [-0.2, 0) is 10.3 Å². The van der Waals surface area contributed by atoms with E-state index in [1.165, 1.54) is 0 Å². The van der Waals surface area contributed by atoms with Crippen LogP contribution in [0.2, 0.25) is 5.02 Å². The fourth-order valence-electron chi connectivity index (χ4n) is 5.94. The number of fused-ring (bicyclic) bond motifs is 4. The highest BCUT2D eigenvalue weighted by Gasteiger charge is 2.69. The Morgan fingerprint density at radius 2 is 2.03 bits per heavy atom. The average Bonchev–Trinajstić information content (AvgIpc) is 3.48. The van der Waals surface area contributed by atoms with Gasteiger partial charge in [-0.3, -0.25) is 19.5 Å². The second-order valence-electron chi connectivity index (χ2n) is 8.97. The molecule has 1 N–H and O–H groups in total. The minimum absolute atomic E-state index is 0.0491. The topological polar surface area (TPSA) is 62.3 Å². The number of nitrogens with one attached hydrogen (secondary N) is 1. The number of Topliss-reactive ketones (excluding diaryl/α,β-unsaturated/α-hetero) is 1. The summed E-state index contributed by atoms with van der Waals surface area (Å²) in [4.78, 5) is 34.7. The molecular formula is C26H22ClN3O2S. The van der Waals surface area contributed by atoms with Crippen LogP contribution in [0.3, 0.4) is 0 Å². The molecule has 2 saturated heterocycles. The van der Waals surface area contributed by atoms with Gasteiger partial charge in [0, 0.05) is 57.8 Å². The first kappa shape index (κ1) is 20.9. The Labute approximate surface area is 201 Å². The molecule has 4 heterocycles. The van der Waals surface area contributed by atoms with Gasteiger partial charge in [0.05, 0.1) is 5.92 Å². The number of aryl methyl sites for hydroxylation is 1. The lowest BCUT2D eigenvalue weighted by Crippen LogP contribution is -2.52. The molecule has 4 atom stereocenters. The molecule has 5 nitrogen and oxygen atoms in total. The van der Waals surface area contributed by atoms with Crippen molar-refractivity contribution in [2.24, 2.45) is 5.92 Å². The largest absolute Gasteiger partial charge is 0.324 e. The second-order valence-corrected chi connectivity index (χ2v) is 10.4. The van der Waals surface area contributed by atoms with Gasteiger partial charge >= 0.3 is 0 Å². The van der Waals surface area contributed by atoms with Gasteiger partial charge in [0.15, 0.2) is 5.78 Å². The van der Waals surface area contributed by atoms with Crippen LogP contribution in [-0.4, -0.2) is 39.2 Å². The van der Waals surface area contributed by atoms with Gasteiger partial charge in [0.1, 0.15) is 5.54 Å². The van der Waals surface area contributed by atoms with Gasteiger partial charge in [0.25, 0.3) is 0 Å². The Morgan fingerprint density at radius 1 is 1.21 bits per heavy atom. The third-order valence-corrected chi connectivity index (χ3v) is 8.55. The molecule has 2 aromatic carbocycles. The van der Waals surface area contributed by atoms with E-state index in [9.17, 15) is 9.59 Å². The normalized spacial score (nSPS) is 28.1. The molecule has 7 heteroatoms. The summed E-state index contributed by atoms with van der Waals surface area (Å²) in [6.07, 6.45) is 3.27. The molecule has 33 heavy (non-hydrogen) atoms. The van der Waals surface area contributed by atoms with E-state index in [4.69, 9.17) is 11.6 Å².